The average molecular weight is 197 g/mol. The van der Waals surface area contributed by atoms with Crippen molar-refractivity contribution < 1.29 is 18.7 Å². The number of benzene rings is 1. The maximum Gasteiger partial charge on any atom is 0.340 e. The van der Waals surface area contributed by atoms with E-state index in [1.54, 1.807) is 0 Å². The summed E-state index contributed by atoms with van der Waals surface area (Å²) in [7, 11) is 5.16. The second kappa shape index (κ2) is 3.28. The van der Waals surface area contributed by atoms with E-state index in [-0.39, 0.29) is 5.56 Å². The van der Waals surface area contributed by atoms with Crippen LogP contribution in [0.25, 0.3) is 0 Å². The predicted octanol–water partition coefficient (Wildman–Crippen LogP) is 0.347. The lowest BCUT2D eigenvalue weighted by Crippen LogP contribution is -2.21. The number of carboxylic acids is 1. The van der Waals surface area contributed by atoms with E-state index < -0.39 is 34.3 Å². The normalized spacial score (nSPS) is 10.2. The van der Waals surface area contributed by atoms with Crippen molar-refractivity contribution in [2.75, 3.05) is 5.73 Å². The van der Waals surface area contributed by atoms with Crippen LogP contribution in [0.3, 0.4) is 0 Å². The minimum atomic E-state index is -1.62. The quantitative estimate of drug-likeness (QED) is 0.504. The lowest BCUT2D eigenvalue weighted by Gasteiger charge is -2.10. The second-order valence-corrected chi connectivity index (χ2v) is 2.76. The molecule has 1 rings (SSSR count). The Kier molecular flexibility index (Phi) is 2.46. The average Bonchev–Trinajstić information content (AvgIpc) is 2.11. The summed E-state index contributed by atoms with van der Waals surface area (Å²) in [4.78, 5) is 10.5. The van der Waals surface area contributed by atoms with E-state index in [9.17, 15) is 13.6 Å². The van der Waals surface area contributed by atoms with Gasteiger partial charge in [0.05, 0.1) is 5.69 Å². The van der Waals surface area contributed by atoms with Crippen LogP contribution in [0.2, 0.25) is 0 Å². The first-order chi connectivity index (χ1) is 6.37. The van der Waals surface area contributed by atoms with Crippen LogP contribution in [-0.2, 0) is 0 Å². The maximum atomic E-state index is 13.2. The van der Waals surface area contributed by atoms with Gasteiger partial charge in [-0.2, -0.15) is 0 Å². The summed E-state index contributed by atoms with van der Waals surface area (Å²) in [6.45, 7) is 1.18. The largest absolute Gasteiger partial charge is 0.478 e. The molecular weight excluding hydrogens is 191 g/mol. The van der Waals surface area contributed by atoms with Gasteiger partial charge >= 0.3 is 5.97 Å². The van der Waals surface area contributed by atoms with Gasteiger partial charge in [0, 0.05) is 0 Å². The number of halogens is 2. The summed E-state index contributed by atoms with van der Waals surface area (Å²) in [5, 5.41) is 8.56. The maximum absolute atomic E-state index is 13.2. The molecule has 0 unspecified atom stereocenters. The van der Waals surface area contributed by atoms with Gasteiger partial charge in [-0.05, 0) is 12.5 Å². The number of carbonyl (C=O) groups is 1. The van der Waals surface area contributed by atoms with Crippen LogP contribution in [0.15, 0.2) is 0 Å². The molecule has 0 fully saturated rings. The Balaban J connectivity index is 3.68. The molecule has 3 nitrogen and oxygen atoms in total. The fourth-order valence-electron chi connectivity index (χ4n) is 1.05. The first-order valence-electron chi connectivity index (χ1n) is 3.63. The first-order valence-corrected chi connectivity index (χ1v) is 3.63. The highest BCUT2D eigenvalue weighted by molar-refractivity contribution is 6.34. The number of hydrogen-bond donors (Lipinski definition) is 2. The Hall–Kier alpha value is -1.59. The lowest BCUT2D eigenvalue weighted by molar-refractivity contribution is 0.0692. The van der Waals surface area contributed by atoms with Crippen LogP contribution in [-0.4, -0.2) is 18.9 Å². The Bertz CT molecular complexity index is 391. The summed E-state index contributed by atoms with van der Waals surface area (Å²) in [6, 6.07) is 0. The van der Waals surface area contributed by atoms with Gasteiger partial charge in [0.2, 0.25) is 0 Å². The lowest BCUT2D eigenvalue weighted by atomic mass is 9.87. The molecule has 0 saturated heterocycles. The van der Waals surface area contributed by atoms with Gasteiger partial charge in [-0.3, -0.25) is 0 Å². The number of hydrogen-bond acceptors (Lipinski definition) is 2. The van der Waals surface area contributed by atoms with E-state index in [0.717, 1.165) is 0 Å². The standard InChI is InChI=1S/C8H6BF2NO2/c1-2-4(9)6(11)7(12)3(5(2)10)8(13)14/h12H2,1H3,(H,13,14). The van der Waals surface area contributed by atoms with E-state index in [4.69, 9.17) is 18.7 Å². The van der Waals surface area contributed by atoms with Crippen molar-refractivity contribution in [1.29, 1.82) is 0 Å². The summed E-state index contributed by atoms with van der Waals surface area (Å²) < 4.78 is 26.4. The van der Waals surface area contributed by atoms with Gasteiger partial charge < -0.3 is 10.8 Å². The molecule has 3 N–H and O–H groups in total. The summed E-state index contributed by atoms with van der Waals surface area (Å²) in [5.74, 6) is -3.82. The number of anilines is 1. The van der Waals surface area contributed by atoms with Crippen LogP contribution >= 0.6 is 0 Å². The van der Waals surface area contributed by atoms with E-state index >= 15 is 0 Å². The Labute approximate surface area is 79.9 Å². The molecule has 0 aliphatic rings. The monoisotopic (exact) mass is 197 g/mol. The van der Waals surface area contributed by atoms with E-state index in [0.29, 0.717) is 0 Å². The molecule has 0 spiro atoms. The summed E-state index contributed by atoms with van der Waals surface area (Å²) in [6.07, 6.45) is 0. The van der Waals surface area contributed by atoms with Crippen molar-refractivity contribution in [3.05, 3.63) is 22.8 Å². The fourth-order valence-corrected chi connectivity index (χ4v) is 1.05. The molecule has 0 aliphatic carbocycles. The summed E-state index contributed by atoms with van der Waals surface area (Å²) in [5.41, 5.74) is 2.70. The predicted molar refractivity (Wildman–Crippen MR) is 47.9 cm³/mol. The van der Waals surface area contributed by atoms with Gasteiger partial charge in [-0.15, -0.1) is 0 Å². The molecular formula is C8H6BF2NO2. The molecule has 14 heavy (non-hydrogen) atoms. The first kappa shape index (κ1) is 10.5. The van der Waals surface area contributed by atoms with Crippen molar-refractivity contribution in [3.63, 3.8) is 0 Å². The van der Waals surface area contributed by atoms with Crippen LogP contribution in [0, 0.1) is 18.6 Å². The third-order valence-corrected chi connectivity index (χ3v) is 1.91. The van der Waals surface area contributed by atoms with Gasteiger partial charge in [-0.25, -0.2) is 13.6 Å². The Morgan fingerprint density at radius 3 is 2.36 bits per heavy atom. The van der Waals surface area contributed by atoms with Crippen molar-refractivity contribution in [3.8, 4) is 0 Å². The Morgan fingerprint density at radius 1 is 1.43 bits per heavy atom. The van der Waals surface area contributed by atoms with Crippen LogP contribution in [0.1, 0.15) is 15.9 Å². The van der Waals surface area contributed by atoms with E-state index in [2.05, 4.69) is 0 Å². The van der Waals surface area contributed by atoms with Gasteiger partial charge in [0.15, 0.2) is 0 Å². The minimum Gasteiger partial charge on any atom is -0.478 e. The molecule has 0 amide bonds. The van der Waals surface area contributed by atoms with Gasteiger partial charge in [0.25, 0.3) is 0 Å². The van der Waals surface area contributed by atoms with Crippen LogP contribution in [0.4, 0.5) is 14.5 Å². The number of carboxylic acid groups (broad SMARTS) is 1. The zero-order valence-corrected chi connectivity index (χ0v) is 7.27. The molecule has 0 aliphatic heterocycles. The van der Waals surface area contributed by atoms with E-state index in [1.165, 1.54) is 6.92 Å². The zero-order valence-electron chi connectivity index (χ0n) is 7.27. The highest BCUT2D eigenvalue weighted by atomic mass is 19.1. The fraction of sp³-hybridized carbons (Fsp3) is 0.125. The highest BCUT2D eigenvalue weighted by Gasteiger charge is 2.22. The molecule has 6 heteroatoms. The molecule has 0 aromatic heterocycles. The molecule has 1 aromatic carbocycles. The number of rotatable bonds is 1. The molecule has 0 heterocycles. The number of nitrogen functional groups attached to an aromatic ring is 1. The zero-order chi connectivity index (χ0) is 11.0. The summed E-state index contributed by atoms with van der Waals surface area (Å²) >= 11 is 0. The SMILES string of the molecule is [B]c1c(C)c(F)c(C(=O)O)c(N)c1F. The molecule has 0 atom stereocenters. The van der Waals surface area contributed by atoms with Gasteiger partial charge in [-0.1, -0.05) is 5.46 Å². The van der Waals surface area contributed by atoms with Crippen LogP contribution < -0.4 is 11.2 Å². The third-order valence-electron chi connectivity index (χ3n) is 1.91. The van der Waals surface area contributed by atoms with E-state index in [1.807, 2.05) is 0 Å². The van der Waals surface area contributed by atoms with Crippen molar-refractivity contribution in [2.24, 2.45) is 0 Å². The number of nitrogens with two attached hydrogens (primary N) is 1. The molecule has 2 radical (unpaired) electrons. The second-order valence-electron chi connectivity index (χ2n) is 2.76. The topological polar surface area (TPSA) is 63.3 Å². The highest BCUT2D eigenvalue weighted by Crippen LogP contribution is 2.20. The molecule has 72 valence electrons. The molecule has 1 aromatic rings. The van der Waals surface area contributed by atoms with Crippen molar-refractivity contribution in [1.82, 2.24) is 0 Å². The van der Waals surface area contributed by atoms with Gasteiger partial charge in [0.1, 0.15) is 25.0 Å². The van der Waals surface area contributed by atoms with Crippen molar-refractivity contribution >= 4 is 25.0 Å². The smallest absolute Gasteiger partial charge is 0.340 e. The van der Waals surface area contributed by atoms with Crippen LogP contribution in [0.5, 0.6) is 0 Å². The molecule has 0 saturated carbocycles. The number of aromatic carboxylic acids is 1. The Morgan fingerprint density at radius 2 is 1.93 bits per heavy atom. The minimum absolute atomic E-state index is 0.255. The third kappa shape index (κ3) is 1.32. The molecule has 0 bridgehead atoms. The van der Waals surface area contributed by atoms with Crippen molar-refractivity contribution in [2.45, 2.75) is 6.92 Å².